The van der Waals surface area contributed by atoms with E-state index in [2.05, 4.69) is 4.98 Å². The molecular weight excluding hydrogens is 258 g/mol. The van der Waals surface area contributed by atoms with Gasteiger partial charge in [-0.15, -0.1) is 0 Å². The highest BCUT2D eigenvalue weighted by molar-refractivity contribution is 6.09. The van der Waals surface area contributed by atoms with Crippen LogP contribution in [0.1, 0.15) is 20.7 Å². The van der Waals surface area contributed by atoms with Crippen molar-refractivity contribution in [1.29, 1.82) is 0 Å². The molecule has 20 heavy (non-hydrogen) atoms. The molecule has 5 heteroatoms. The second-order valence-corrected chi connectivity index (χ2v) is 4.35. The van der Waals surface area contributed by atoms with Gasteiger partial charge in [-0.3, -0.25) is 0 Å². The summed E-state index contributed by atoms with van der Waals surface area (Å²) in [6.07, 6.45) is 0. The Hall–Kier alpha value is -2.95. The first-order valence-electron chi connectivity index (χ1n) is 5.87. The molecule has 0 atom stereocenters. The monoisotopic (exact) mass is 267 g/mol. The zero-order valence-corrected chi connectivity index (χ0v) is 10.2. The smallest absolute Gasteiger partial charge is 0.337 e. The van der Waals surface area contributed by atoms with Crippen molar-refractivity contribution in [3.8, 4) is 0 Å². The van der Waals surface area contributed by atoms with Crippen LogP contribution in [-0.4, -0.2) is 27.1 Å². The van der Waals surface area contributed by atoms with Gasteiger partial charge in [-0.2, -0.15) is 0 Å². The highest BCUT2D eigenvalue weighted by Gasteiger charge is 2.13. The number of para-hydroxylation sites is 1. The largest absolute Gasteiger partial charge is 0.478 e. The van der Waals surface area contributed by atoms with Crippen molar-refractivity contribution < 1.29 is 19.8 Å². The van der Waals surface area contributed by atoms with Gasteiger partial charge in [0.05, 0.1) is 22.2 Å². The minimum Gasteiger partial charge on any atom is -0.478 e. The molecule has 0 unspecified atom stereocenters. The van der Waals surface area contributed by atoms with E-state index in [1.54, 1.807) is 30.3 Å². The van der Waals surface area contributed by atoms with Gasteiger partial charge in [0.25, 0.3) is 0 Å². The van der Waals surface area contributed by atoms with Gasteiger partial charge in [-0.05, 0) is 24.3 Å². The number of fused-ring (bicyclic) bond motifs is 2. The fourth-order valence-electron chi connectivity index (χ4n) is 2.24. The van der Waals surface area contributed by atoms with Crippen LogP contribution in [0.25, 0.3) is 21.8 Å². The summed E-state index contributed by atoms with van der Waals surface area (Å²) in [5.74, 6) is -2.09. The zero-order valence-electron chi connectivity index (χ0n) is 10.2. The third kappa shape index (κ3) is 1.76. The lowest BCUT2D eigenvalue weighted by atomic mass is 10.0. The van der Waals surface area contributed by atoms with Gasteiger partial charge in [0, 0.05) is 10.8 Å². The van der Waals surface area contributed by atoms with E-state index in [1.165, 1.54) is 12.1 Å². The summed E-state index contributed by atoms with van der Waals surface area (Å²) in [6.45, 7) is 0. The quantitative estimate of drug-likeness (QED) is 0.697. The van der Waals surface area contributed by atoms with Crippen LogP contribution in [0.4, 0.5) is 0 Å². The van der Waals surface area contributed by atoms with Crippen molar-refractivity contribution in [3.63, 3.8) is 0 Å². The Morgan fingerprint density at radius 2 is 1.55 bits per heavy atom. The molecular formula is C15H9NO4. The van der Waals surface area contributed by atoms with Crippen LogP contribution in [-0.2, 0) is 0 Å². The number of aromatic nitrogens is 1. The fraction of sp³-hybridized carbons (Fsp3) is 0. The Bertz CT molecular complexity index is 797. The van der Waals surface area contributed by atoms with E-state index in [0.717, 1.165) is 0 Å². The molecule has 0 saturated carbocycles. The molecule has 3 rings (SSSR count). The molecule has 2 aromatic carbocycles. The van der Waals surface area contributed by atoms with Gasteiger partial charge in [-0.1, -0.05) is 18.2 Å². The summed E-state index contributed by atoms with van der Waals surface area (Å²) < 4.78 is 0. The fourth-order valence-corrected chi connectivity index (χ4v) is 2.24. The van der Waals surface area contributed by atoms with E-state index in [9.17, 15) is 14.7 Å². The maximum Gasteiger partial charge on any atom is 0.337 e. The lowest BCUT2D eigenvalue weighted by molar-refractivity contribution is 0.0688. The first-order chi connectivity index (χ1) is 9.58. The standard InChI is InChI=1S/C15H9NO4/c17-14(18)9-4-2-6-12-11(9)7-8-3-1-5-10(15(19)20)13(8)16-12/h1-7H,(H,17,18)(H,19,20). The van der Waals surface area contributed by atoms with Gasteiger partial charge in [0.15, 0.2) is 0 Å². The number of aromatic carboxylic acids is 2. The summed E-state index contributed by atoms with van der Waals surface area (Å²) in [5.41, 5.74) is 1.07. The molecule has 2 N–H and O–H groups in total. The number of rotatable bonds is 2. The SMILES string of the molecule is O=C(O)c1cccc2nc3c(C(=O)O)cccc3cc12. The maximum atomic E-state index is 11.2. The predicted octanol–water partition coefficient (Wildman–Crippen LogP) is 2.78. The van der Waals surface area contributed by atoms with E-state index >= 15 is 0 Å². The number of carboxylic acid groups (broad SMARTS) is 2. The van der Waals surface area contributed by atoms with Crippen LogP contribution in [0.15, 0.2) is 42.5 Å². The van der Waals surface area contributed by atoms with Crippen molar-refractivity contribution >= 4 is 33.7 Å². The summed E-state index contributed by atoms with van der Waals surface area (Å²) in [5, 5.41) is 19.4. The van der Waals surface area contributed by atoms with Gasteiger partial charge < -0.3 is 10.2 Å². The lowest BCUT2D eigenvalue weighted by Gasteiger charge is -2.06. The van der Waals surface area contributed by atoms with Gasteiger partial charge >= 0.3 is 11.9 Å². The van der Waals surface area contributed by atoms with Crippen LogP contribution in [0.5, 0.6) is 0 Å². The van der Waals surface area contributed by atoms with Crippen molar-refractivity contribution in [2.45, 2.75) is 0 Å². The molecule has 0 spiro atoms. The van der Waals surface area contributed by atoms with Crippen LogP contribution >= 0.6 is 0 Å². The van der Waals surface area contributed by atoms with E-state index in [4.69, 9.17) is 5.11 Å². The molecule has 98 valence electrons. The second-order valence-electron chi connectivity index (χ2n) is 4.35. The van der Waals surface area contributed by atoms with Crippen LogP contribution in [0, 0.1) is 0 Å². The van der Waals surface area contributed by atoms with Crippen molar-refractivity contribution in [3.05, 3.63) is 53.6 Å². The molecule has 0 aliphatic carbocycles. The number of pyridine rings is 1. The van der Waals surface area contributed by atoms with Crippen molar-refractivity contribution in [1.82, 2.24) is 4.98 Å². The van der Waals surface area contributed by atoms with Crippen LogP contribution in [0.3, 0.4) is 0 Å². The van der Waals surface area contributed by atoms with Gasteiger partial charge in [-0.25, -0.2) is 14.6 Å². The number of nitrogens with zero attached hydrogens (tertiary/aromatic N) is 1. The molecule has 1 heterocycles. The molecule has 5 nitrogen and oxygen atoms in total. The molecule has 0 aliphatic rings. The van der Waals surface area contributed by atoms with Crippen LogP contribution in [0.2, 0.25) is 0 Å². The van der Waals surface area contributed by atoms with Gasteiger partial charge in [0.1, 0.15) is 0 Å². The summed E-state index contributed by atoms with van der Waals surface area (Å²) in [4.78, 5) is 26.7. The van der Waals surface area contributed by atoms with E-state index in [1.807, 2.05) is 0 Å². The number of hydrogen-bond donors (Lipinski definition) is 2. The molecule has 1 aromatic heterocycles. The molecule has 0 fully saturated rings. The molecule has 0 radical (unpaired) electrons. The first kappa shape index (κ1) is 12.1. The Morgan fingerprint density at radius 1 is 0.900 bits per heavy atom. The Kier molecular flexibility index (Phi) is 2.61. The van der Waals surface area contributed by atoms with Gasteiger partial charge in [0.2, 0.25) is 0 Å². The minimum atomic E-state index is -1.06. The molecule has 3 aromatic rings. The topological polar surface area (TPSA) is 87.5 Å². The third-order valence-corrected chi connectivity index (χ3v) is 3.14. The first-order valence-corrected chi connectivity index (χ1v) is 5.87. The Labute approximate surface area is 113 Å². The molecule has 0 saturated heterocycles. The average Bonchev–Trinajstić information content (AvgIpc) is 2.43. The highest BCUT2D eigenvalue weighted by atomic mass is 16.4. The Morgan fingerprint density at radius 3 is 2.25 bits per heavy atom. The van der Waals surface area contributed by atoms with Crippen molar-refractivity contribution in [2.24, 2.45) is 0 Å². The molecule has 0 aliphatic heterocycles. The summed E-state index contributed by atoms with van der Waals surface area (Å²) >= 11 is 0. The Balaban J connectivity index is 2.46. The second kappa shape index (κ2) is 4.31. The summed E-state index contributed by atoms with van der Waals surface area (Å²) in [7, 11) is 0. The maximum absolute atomic E-state index is 11.2. The van der Waals surface area contributed by atoms with Crippen LogP contribution < -0.4 is 0 Å². The summed E-state index contributed by atoms with van der Waals surface area (Å²) in [6, 6.07) is 11.2. The third-order valence-electron chi connectivity index (χ3n) is 3.14. The minimum absolute atomic E-state index is 0.102. The lowest BCUT2D eigenvalue weighted by Crippen LogP contribution is -2.01. The number of benzene rings is 2. The molecule has 0 amide bonds. The average molecular weight is 267 g/mol. The molecule has 0 bridgehead atoms. The normalized spacial score (nSPS) is 10.8. The number of carbonyl (C=O) groups is 2. The van der Waals surface area contributed by atoms with E-state index < -0.39 is 11.9 Å². The zero-order chi connectivity index (χ0) is 14.3. The van der Waals surface area contributed by atoms with E-state index in [-0.39, 0.29) is 11.1 Å². The van der Waals surface area contributed by atoms with E-state index in [0.29, 0.717) is 21.8 Å². The van der Waals surface area contributed by atoms with Crippen molar-refractivity contribution in [2.75, 3.05) is 0 Å². The highest BCUT2D eigenvalue weighted by Crippen LogP contribution is 2.25. The number of hydrogen-bond acceptors (Lipinski definition) is 3. The predicted molar refractivity (Wildman–Crippen MR) is 73.2 cm³/mol. The number of carboxylic acids is 2.